The van der Waals surface area contributed by atoms with E-state index < -0.39 is 5.60 Å². The molecule has 3 nitrogen and oxygen atoms in total. The Hall–Kier alpha value is -0.860. The van der Waals surface area contributed by atoms with E-state index in [4.69, 9.17) is 4.74 Å². The fraction of sp³-hybridized carbons (Fsp3) is 0.778. The number of hydrogen-bond donors (Lipinski definition) is 0. The van der Waals surface area contributed by atoms with Gasteiger partial charge in [-0.05, 0) is 19.8 Å². The molecule has 0 bridgehead atoms. The minimum atomic E-state index is -0.842. The summed E-state index contributed by atoms with van der Waals surface area (Å²) in [5.74, 6) is -0.285. The SMILES string of the molecule is CC(=O)OC1(C)CCC(C)C1=O. The third-order valence-corrected chi connectivity index (χ3v) is 2.39. The Morgan fingerprint density at radius 3 is 2.58 bits per heavy atom. The molecule has 0 spiro atoms. The maximum Gasteiger partial charge on any atom is 0.303 e. The second-order valence-corrected chi connectivity index (χ2v) is 3.63. The number of carbonyl (C=O) groups is 2. The minimum absolute atomic E-state index is 0.0364. The van der Waals surface area contributed by atoms with E-state index in [1.54, 1.807) is 6.92 Å². The number of rotatable bonds is 1. The predicted molar refractivity (Wildman–Crippen MR) is 43.6 cm³/mol. The van der Waals surface area contributed by atoms with Gasteiger partial charge in [0.1, 0.15) is 0 Å². The van der Waals surface area contributed by atoms with Gasteiger partial charge in [0, 0.05) is 12.8 Å². The molecule has 12 heavy (non-hydrogen) atoms. The van der Waals surface area contributed by atoms with Gasteiger partial charge in [0.2, 0.25) is 0 Å². The molecule has 0 saturated heterocycles. The van der Waals surface area contributed by atoms with Crippen LogP contribution in [-0.4, -0.2) is 17.4 Å². The summed E-state index contributed by atoms with van der Waals surface area (Å²) in [5, 5.41) is 0. The summed E-state index contributed by atoms with van der Waals surface area (Å²) in [6.07, 6.45) is 1.48. The van der Waals surface area contributed by atoms with Crippen LogP contribution in [0.3, 0.4) is 0 Å². The Labute approximate surface area is 72.1 Å². The Bertz CT molecular complexity index is 222. The highest BCUT2D eigenvalue weighted by Gasteiger charge is 2.44. The van der Waals surface area contributed by atoms with Crippen LogP contribution >= 0.6 is 0 Å². The molecule has 1 saturated carbocycles. The predicted octanol–water partition coefficient (Wildman–Crippen LogP) is 1.31. The van der Waals surface area contributed by atoms with E-state index in [0.29, 0.717) is 6.42 Å². The standard InChI is InChI=1S/C9H14O3/c1-6-4-5-9(3,8(6)11)12-7(2)10/h6H,4-5H2,1-3H3. The zero-order valence-electron chi connectivity index (χ0n) is 7.72. The van der Waals surface area contributed by atoms with Crippen LogP contribution in [0.25, 0.3) is 0 Å². The number of carbonyl (C=O) groups excluding carboxylic acids is 2. The molecule has 68 valence electrons. The molecule has 0 aromatic rings. The van der Waals surface area contributed by atoms with Crippen LogP contribution < -0.4 is 0 Å². The van der Waals surface area contributed by atoms with Crippen molar-refractivity contribution in [2.75, 3.05) is 0 Å². The minimum Gasteiger partial charge on any atom is -0.452 e. The summed E-state index contributed by atoms with van der Waals surface area (Å²) in [4.78, 5) is 22.2. The second kappa shape index (κ2) is 2.88. The molecule has 0 aliphatic heterocycles. The quantitative estimate of drug-likeness (QED) is 0.557. The molecule has 1 rings (SSSR count). The number of ketones is 1. The molecular weight excluding hydrogens is 156 g/mol. The Kier molecular flexibility index (Phi) is 2.22. The monoisotopic (exact) mass is 170 g/mol. The van der Waals surface area contributed by atoms with Gasteiger partial charge >= 0.3 is 5.97 Å². The number of Topliss-reactive ketones (excluding diaryl/α,β-unsaturated/α-hetero) is 1. The lowest BCUT2D eigenvalue weighted by Crippen LogP contribution is -2.36. The molecule has 0 amide bonds. The lowest BCUT2D eigenvalue weighted by atomic mass is 10.0. The second-order valence-electron chi connectivity index (χ2n) is 3.63. The van der Waals surface area contributed by atoms with E-state index in [1.807, 2.05) is 6.92 Å². The smallest absolute Gasteiger partial charge is 0.303 e. The van der Waals surface area contributed by atoms with Gasteiger partial charge in [0.05, 0.1) is 0 Å². The first-order chi connectivity index (χ1) is 5.46. The highest BCUT2D eigenvalue weighted by Crippen LogP contribution is 2.33. The van der Waals surface area contributed by atoms with Crippen LogP contribution in [0, 0.1) is 5.92 Å². The van der Waals surface area contributed by atoms with Crippen molar-refractivity contribution in [2.24, 2.45) is 5.92 Å². The van der Waals surface area contributed by atoms with E-state index in [-0.39, 0.29) is 17.7 Å². The largest absolute Gasteiger partial charge is 0.452 e. The Balaban J connectivity index is 2.72. The van der Waals surface area contributed by atoms with E-state index in [9.17, 15) is 9.59 Å². The topological polar surface area (TPSA) is 43.4 Å². The molecule has 0 heterocycles. The molecule has 0 aromatic carbocycles. The molecule has 1 aliphatic rings. The number of hydrogen-bond acceptors (Lipinski definition) is 3. The third-order valence-electron chi connectivity index (χ3n) is 2.39. The Morgan fingerprint density at radius 1 is 1.67 bits per heavy atom. The molecule has 0 radical (unpaired) electrons. The fourth-order valence-corrected chi connectivity index (χ4v) is 1.69. The van der Waals surface area contributed by atoms with E-state index in [0.717, 1.165) is 6.42 Å². The van der Waals surface area contributed by atoms with Gasteiger partial charge in [-0.2, -0.15) is 0 Å². The summed E-state index contributed by atoms with van der Waals surface area (Å²) in [6, 6.07) is 0. The lowest BCUT2D eigenvalue weighted by Gasteiger charge is -2.21. The maximum atomic E-state index is 11.5. The van der Waals surface area contributed by atoms with E-state index in [1.165, 1.54) is 6.92 Å². The van der Waals surface area contributed by atoms with Crippen molar-refractivity contribution in [3.05, 3.63) is 0 Å². The lowest BCUT2D eigenvalue weighted by molar-refractivity contribution is -0.162. The summed E-state index contributed by atoms with van der Waals surface area (Å²) >= 11 is 0. The Morgan fingerprint density at radius 2 is 2.25 bits per heavy atom. The zero-order chi connectivity index (χ0) is 9.35. The summed E-state index contributed by atoms with van der Waals surface area (Å²) in [7, 11) is 0. The molecule has 0 N–H and O–H groups in total. The van der Waals surface area contributed by atoms with Crippen molar-refractivity contribution in [2.45, 2.75) is 39.2 Å². The van der Waals surface area contributed by atoms with Gasteiger partial charge < -0.3 is 4.74 Å². The van der Waals surface area contributed by atoms with Gasteiger partial charge in [-0.1, -0.05) is 6.92 Å². The molecule has 3 heteroatoms. The van der Waals surface area contributed by atoms with Crippen LogP contribution in [0.5, 0.6) is 0 Å². The van der Waals surface area contributed by atoms with E-state index in [2.05, 4.69) is 0 Å². The average molecular weight is 170 g/mol. The summed E-state index contributed by atoms with van der Waals surface area (Å²) in [6.45, 7) is 4.90. The van der Waals surface area contributed by atoms with Crippen LogP contribution in [0.2, 0.25) is 0 Å². The normalized spacial score (nSPS) is 35.2. The average Bonchev–Trinajstić information content (AvgIpc) is 2.16. The van der Waals surface area contributed by atoms with Gasteiger partial charge in [-0.25, -0.2) is 0 Å². The molecule has 1 fully saturated rings. The zero-order valence-corrected chi connectivity index (χ0v) is 7.72. The molecule has 1 aliphatic carbocycles. The van der Waals surface area contributed by atoms with Crippen LogP contribution in [0.15, 0.2) is 0 Å². The molecule has 2 unspecified atom stereocenters. The highest BCUT2D eigenvalue weighted by molar-refractivity contribution is 5.92. The first-order valence-corrected chi connectivity index (χ1v) is 4.19. The van der Waals surface area contributed by atoms with Crippen molar-refractivity contribution in [3.8, 4) is 0 Å². The van der Waals surface area contributed by atoms with Crippen LogP contribution in [0.1, 0.15) is 33.6 Å². The van der Waals surface area contributed by atoms with Gasteiger partial charge in [0.15, 0.2) is 11.4 Å². The highest BCUT2D eigenvalue weighted by atomic mass is 16.6. The number of ether oxygens (including phenoxy) is 1. The molecule has 0 aromatic heterocycles. The fourth-order valence-electron chi connectivity index (χ4n) is 1.69. The third kappa shape index (κ3) is 1.49. The van der Waals surface area contributed by atoms with Crippen molar-refractivity contribution in [1.82, 2.24) is 0 Å². The van der Waals surface area contributed by atoms with Gasteiger partial charge in [0.25, 0.3) is 0 Å². The number of esters is 1. The van der Waals surface area contributed by atoms with Gasteiger partial charge in [-0.15, -0.1) is 0 Å². The molecule has 2 atom stereocenters. The van der Waals surface area contributed by atoms with Crippen LogP contribution in [0.4, 0.5) is 0 Å². The van der Waals surface area contributed by atoms with Crippen LogP contribution in [-0.2, 0) is 14.3 Å². The van der Waals surface area contributed by atoms with Gasteiger partial charge in [-0.3, -0.25) is 9.59 Å². The van der Waals surface area contributed by atoms with E-state index >= 15 is 0 Å². The van der Waals surface area contributed by atoms with Crippen molar-refractivity contribution in [3.63, 3.8) is 0 Å². The first kappa shape index (κ1) is 9.23. The summed E-state index contributed by atoms with van der Waals surface area (Å²) < 4.78 is 4.99. The maximum absolute atomic E-state index is 11.5. The van der Waals surface area contributed by atoms with Crippen molar-refractivity contribution < 1.29 is 14.3 Å². The van der Waals surface area contributed by atoms with Crippen molar-refractivity contribution in [1.29, 1.82) is 0 Å². The molecular formula is C9H14O3. The summed E-state index contributed by atoms with van der Waals surface area (Å²) in [5.41, 5.74) is -0.842. The van der Waals surface area contributed by atoms with Crippen molar-refractivity contribution >= 4 is 11.8 Å². The first-order valence-electron chi connectivity index (χ1n) is 4.19.